The van der Waals surface area contributed by atoms with E-state index in [1.165, 1.54) is 0 Å². The summed E-state index contributed by atoms with van der Waals surface area (Å²) in [7, 11) is 0. The smallest absolute Gasteiger partial charge is 0.248 e. The lowest BCUT2D eigenvalue weighted by atomic mass is 9.81. The molecular weight excluding hydrogens is 272 g/mol. The van der Waals surface area contributed by atoms with Gasteiger partial charge in [-0.2, -0.15) is 0 Å². The molecule has 1 aromatic rings. The van der Waals surface area contributed by atoms with E-state index >= 15 is 0 Å². The number of rotatable bonds is 4. The second kappa shape index (κ2) is 6.11. The highest BCUT2D eigenvalue weighted by Crippen LogP contribution is 2.40. The van der Waals surface area contributed by atoms with Crippen molar-refractivity contribution in [1.29, 1.82) is 0 Å². The summed E-state index contributed by atoms with van der Waals surface area (Å²) in [5.74, 6) is 2.99. The monoisotopic (exact) mass is 289 g/mol. The molecule has 1 aliphatic rings. The van der Waals surface area contributed by atoms with E-state index in [2.05, 4.69) is 10.4 Å². The predicted octanol–water partition coefficient (Wildman–Crippen LogP) is 3.46. The lowest BCUT2D eigenvalue weighted by Gasteiger charge is -2.31. The average molecular weight is 290 g/mol. The molecule has 1 aromatic heterocycles. The van der Waals surface area contributed by atoms with Crippen molar-refractivity contribution in [2.75, 3.05) is 0 Å². The molecule has 3 nitrogen and oxygen atoms in total. The minimum atomic E-state index is -2.53. The van der Waals surface area contributed by atoms with Crippen molar-refractivity contribution in [2.45, 2.75) is 44.1 Å². The lowest BCUT2D eigenvalue weighted by molar-refractivity contribution is -0.0548. The second-order valence-electron chi connectivity index (χ2n) is 5.19. The van der Waals surface area contributed by atoms with Gasteiger partial charge in [0.05, 0.1) is 0 Å². The Morgan fingerprint density at radius 1 is 1.58 bits per heavy atom. The zero-order valence-corrected chi connectivity index (χ0v) is 11.3. The summed E-state index contributed by atoms with van der Waals surface area (Å²) in [6, 6.07) is 3.35. The Morgan fingerprint density at radius 3 is 3.00 bits per heavy atom. The number of aromatic nitrogens is 1. The summed E-state index contributed by atoms with van der Waals surface area (Å²) in [5.41, 5.74) is 3.57. The fourth-order valence-electron chi connectivity index (χ4n) is 2.74. The molecule has 106 valence electrons. The summed E-state index contributed by atoms with van der Waals surface area (Å²) in [5, 5.41) is 0.381. The predicted molar refractivity (Wildman–Crippen MR) is 70.8 cm³/mol. The van der Waals surface area contributed by atoms with Crippen molar-refractivity contribution in [3.05, 3.63) is 29.0 Å². The maximum Gasteiger partial charge on any atom is 0.248 e. The van der Waals surface area contributed by atoms with Crippen LogP contribution >= 0.6 is 11.6 Å². The van der Waals surface area contributed by atoms with E-state index in [9.17, 15) is 8.78 Å². The Bertz CT molecular complexity index is 428. The van der Waals surface area contributed by atoms with E-state index in [1.807, 2.05) is 0 Å². The van der Waals surface area contributed by atoms with E-state index in [1.54, 1.807) is 18.3 Å². The summed E-state index contributed by atoms with van der Waals surface area (Å²) in [6.45, 7) is 0. The number of nitrogens with two attached hydrogens (primary N) is 1. The molecule has 3 N–H and O–H groups in total. The van der Waals surface area contributed by atoms with Gasteiger partial charge < -0.3 is 0 Å². The van der Waals surface area contributed by atoms with Crippen molar-refractivity contribution in [3.63, 3.8) is 0 Å². The zero-order valence-electron chi connectivity index (χ0n) is 10.6. The molecule has 19 heavy (non-hydrogen) atoms. The van der Waals surface area contributed by atoms with Crippen LogP contribution in [0.2, 0.25) is 5.15 Å². The third-order valence-corrected chi connectivity index (χ3v) is 3.87. The van der Waals surface area contributed by atoms with Gasteiger partial charge in [0, 0.05) is 25.1 Å². The molecule has 1 aliphatic carbocycles. The Hall–Kier alpha value is -0.780. The van der Waals surface area contributed by atoms with Gasteiger partial charge in [-0.1, -0.05) is 11.6 Å². The molecule has 2 unspecified atom stereocenters. The van der Waals surface area contributed by atoms with Crippen LogP contribution in [0.5, 0.6) is 0 Å². The highest BCUT2D eigenvalue weighted by Gasteiger charge is 2.36. The first-order chi connectivity index (χ1) is 9.00. The summed E-state index contributed by atoms with van der Waals surface area (Å²) in [6.07, 6.45) is 3.54. The minimum Gasteiger partial charge on any atom is -0.271 e. The van der Waals surface area contributed by atoms with E-state index in [4.69, 9.17) is 17.4 Å². The molecule has 0 aromatic carbocycles. The van der Waals surface area contributed by atoms with Gasteiger partial charge in [-0.15, -0.1) is 0 Å². The van der Waals surface area contributed by atoms with Crippen LogP contribution in [0.15, 0.2) is 18.3 Å². The Labute approximate surface area is 116 Å². The first-order valence-corrected chi connectivity index (χ1v) is 6.83. The van der Waals surface area contributed by atoms with Crippen molar-refractivity contribution < 1.29 is 8.78 Å². The quantitative estimate of drug-likeness (QED) is 0.507. The van der Waals surface area contributed by atoms with Crippen LogP contribution in [0, 0.1) is 5.92 Å². The maximum absolute atomic E-state index is 13.4. The number of hydrogen-bond acceptors (Lipinski definition) is 3. The lowest BCUT2D eigenvalue weighted by Crippen LogP contribution is -2.33. The van der Waals surface area contributed by atoms with Crippen molar-refractivity contribution >= 4 is 11.6 Å². The molecule has 1 fully saturated rings. The third kappa shape index (κ3) is 4.09. The third-order valence-electron chi connectivity index (χ3n) is 3.67. The van der Waals surface area contributed by atoms with E-state index in [0.29, 0.717) is 18.0 Å². The summed E-state index contributed by atoms with van der Waals surface area (Å²) >= 11 is 5.83. The highest BCUT2D eigenvalue weighted by molar-refractivity contribution is 6.29. The molecule has 2 rings (SSSR count). The van der Waals surface area contributed by atoms with Gasteiger partial charge >= 0.3 is 0 Å². The number of alkyl halides is 2. The summed E-state index contributed by atoms with van der Waals surface area (Å²) < 4.78 is 26.8. The fraction of sp³-hybridized carbons (Fsp3) is 0.615. The molecule has 0 radical (unpaired) electrons. The number of nitrogens with one attached hydrogen (secondary N) is 1. The van der Waals surface area contributed by atoms with Crippen molar-refractivity contribution in [3.8, 4) is 0 Å². The SMILES string of the molecule is NNC(CC1CCCC(F)(F)C1)c1ccnc(Cl)c1. The second-order valence-corrected chi connectivity index (χ2v) is 5.57. The van der Waals surface area contributed by atoms with Crippen LogP contribution in [0.4, 0.5) is 8.78 Å². The van der Waals surface area contributed by atoms with Gasteiger partial charge in [0.15, 0.2) is 0 Å². The van der Waals surface area contributed by atoms with Crippen LogP contribution in [-0.2, 0) is 0 Å². The van der Waals surface area contributed by atoms with Crippen LogP contribution in [0.1, 0.15) is 43.7 Å². The average Bonchev–Trinajstić information content (AvgIpc) is 2.35. The molecule has 1 saturated carbocycles. The molecule has 2 atom stereocenters. The van der Waals surface area contributed by atoms with Gasteiger partial charge in [-0.05, 0) is 42.9 Å². The van der Waals surface area contributed by atoms with Gasteiger partial charge in [0.25, 0.3) is 0 Å². The van der Waals surface area contributed by atoms with Gasteiger partial charge in [0.1, 0.15) is 5.15 Å². The van der Waals surface area contributed by atoms with Gasteiger partial charge in [0.2, 0.25) is 5.92 Å². The largest absolute Gasteiger partial charge is 0.271 e. The first kappa shape index (κ1) is 14.6. The van der Waals surface area contributed by atoms with Gasteiger partial charge in [-0.3, -0.25) is 11.3 Å². The normalized spacial score (nSPS) is 24.1. The number of hydrazine groups is 1. The number of pyridine rings is 1. The minimum absolute atomic E-state index is 0.00526. The molecule has 1 heterocycles. The summed E-state index contributed by atoms with van der Waals surface area (Å²) in [4.78, 5) is 3.90. The van der Waals surface area contributed by atoms with Crippen LogP contribution in [0.3, 0.4) is 0 Å². The van der Waals surface area contributed by atoms with E-state index in [0.717, 1.165) is 12.0 Å². The number of nitrogens with zero attached hydrogens (tertiary/aromatic N) is 1. The Morgan fingerprint density at radius 2 is 2.37 bits per heavy atom. The standard InChI is InChI=1S/C13H18ClF2N3/c14-12-7-10(3-5-18-12)11(19-17)6-9-2-1-4-13(15,16)8-9/h3,5,7,9,11,19H,1-2,4,6,8,17H2. The number of halogens is 3. The van der Waals surface area contributed by atoms with Crippen LogP contribution < -0.4 is 11.3 Å². The van der Waals surface area contributed by atoms with Crippen LogP contribution in [0.25, 0.3) is 0 Å². The van der Waals surface area contributed by atoms with E-state index in [-0.39, 0.29) is 24.8 Å². The Kier molecular flexibility index (Phi) is 4.71. The topological polar surface area (TPSA) is 50.9 Å². The highest BCUT2D eigenvalue weighted by atomic mass is 35.5. The Balaban J connectivity index is 2.03. The maximum atomic E-state index is 13.4. The van der Waals surface area contributed by atoms with Crippen molar-refractivity contribution in [1.82, 2.24) is 10.4 Å². The molecular formula is C13H18ClF2N3. The molecule has 0 amide bonds. The molecule has 0 bridgehead atoms. The molecule has 0 aliphatic heterocycles. The van der Waals surface area contributed by atoms with E-state index < -0.39 is 5.92 Å². The number of hydrogen-bond donors (Lipinski definition) is 2. The van der Waals surface area contributed by atoms with Crippen molar-refractivity contribution in [2.24, 2.45) is 11.8 Å². The first-order valence-electron chi connectivity index (χ1n) is 6.45. The van der Waals surface area contributed by atoms with Gasteiger partial charge in [-0.25, -0.2) is 13.8 Å². The molecule has 6 heteroatoms. The fourth-order valence-corrected chi connectivity index (χ4v) is 2.93. The molecule has 0 spiro atoms. The molecule has 0 saturated heterocycles. The zero-order chi connectivity index (χ0) is 13.9. The van der Waals surface area contributed by atoms with Crippen LogP contribution in [-0.4, -0.2) is 10.9 Å².